The van der Waals surface area contributed by atoms with Gasteiger partial charge in [-0.2, -0.15) is 0 Å². The van der Waals surface area contributed by atoms with E-state index in [0.717, 1.165) is 10.0 Å². The number of ether oxygens (including phenoxy) is 2. The molecule has 0 atom stereocenters. The number of benzene rings is 1. The number of aromatic nitrogens is 1. The van der Waals surface area contributed by atoms with Gasteiger partial charge in [0, 0.05) is 28.8 Å². The first-order chi connectivity index (χ1) is 11.4. The zero-order valence-electron chi connectivity index (χ0n) is 13.8. The molecule has 2 N–H and O–H groups in total. The second-order valence-corrected chi connectivity index (χ2v) is 5.98. The van der Waals surface area contributed by atoms with Crippen molar-refractivity contribution in [1.29, 1.82) is 0 Å². The molecule has 1 aromatic carbocycles. The monoisotopic (exact) mass is 395 g/mol. The molecule has 1 aromatic heterocycles. The molecule has 2 amide bonds. The normalized spacial score (nSPS) is 10.2. The number of rotatable bonds is 4. The van der Waals surface area contributed by atoms with E-state index >= 15 is 0 Å². The Hall–Kier alpha value is -2.48. The Kier molecular flexibility index (Phi) is 5.50. The lowest BCUT2D eigenvalue weighted by Gasteiger charge is -2.13. The van der Waals surface area contributed by atoms with E-state index in [2.05, 4.69) is 26.8 Å². The van der Waals surface area contributed by atoms with Gasteiger partial charge in [0.15, 0.2) is 0 Å². The maximum Gasteiger partial charge on any atom is 0.286 e. The summed E-state index contributed by atoms with van der Waals surface area (Å²) in [6.45, 7) is 1.83. The van der Waals surface area contributed by atoms with Crippen molar-refractivity contribution in [2.75, 3.05) is 14.2 Å². The number of nitrogens with zero attached hydrogens (tertiary/aromatic N) is 1. The van der Waals surface area contributed by atoms with Crippen LogP contribution in [0.25, 0.3) is 0 Å². The second-order valence-electron chi connectivity index (χ2n) is 5.07. The molecule has 0 saturated heterocycles. The molecule has 2 rings (SSSR count). The molecule has 0 aliphatic rings. The summed E-state index contributed by atoms with van der Waals surface area (Å²) in [6.07, 6.45) is 1.74. The molecule has 0 fully saturated rings. The van der Waals surface area contributed by atoms with Crippen molar-refractivity contribution in [2.24, 2.45) is 7.05 Å². The van der Waals surface area contributed by atoms with E-state index in [1.165, 1.54) is 14.2 Å². The lowest BCUT2D eigenvalue weighted by molar-refractivity contribution is 0.0842. The molecule has 24 heavy (non-hydrogen) atoms. The van der Waals surface area contributed by atoms with Crippen LogP contribution in [-0.2, 0) is 7.05 Å². The van der Waals surface area contributed by atoms with Gasteiger partial charge in [0.1, 0.15) is 17.2 Å². The fraction of sp³-hybridized carbons (Fsp3) is 0.250. The predicted octanol–water partition coefficient (Wildman–Crippen LogP) is 2.19. The summed E-state index contributed by atoms with van der Waals surface area (Å²) >= 11 is 3.29. The Morgan fingerprint density at radius 2 is 1.58 bits per heavy atom. The van der Waals surface area contributed by atoms with Gasteiger partial charge in [-0.1, -0.05) is 0 Å². The van der Waals surface area contributed by atoms with Crippen LogP contribution in [0.2, 0.25) is 0 Å². The topological polar surface area (TPSA) is 81.6 Å². The van der Waals surface area contributed by atoms with Crippen LogP contribution in [0.15, 0.2) is 28.9 Å². The van der Waals surface area contributed by atoms with E-state index in [0.29, 0.717) is 22.8 Å². The first-order valence-electron chi connectivity index (χ1n) is 7.02. The first kappa shape index (κ1) is 17.9. The highest BCUT2D eigenvalue weighted by Crippen LogP contribution is 2.29. The van der Waals surface area contributed by atoms with Crippen molar-refractivity contribution in [3.05, 3.63) is 45.7 Å². The third-order valence-corrected chi connectivity index (χ3v) is 3.94. The number of hydrogen-bond acceptors (Lipinski definition) is 4. The number of nitrogens with one attached hydrogen (secondary N) is 2. The molecule has 0 unspecified atom stereocenters. The van der Waals surface area contributed by atoms with Gasteiger partial charge in [-0.3, -0.25) is 20.4 Å². The fourth-order valence-corrected chi connectivity index (χ4v) is 2.74. The van der Waals surface area contributed by atoms with Gasteiger partial charge in [-0.25, -0.2) is 0 Å². The minimum absolute atomic E-state index is 0.308. The molecule has 0 bridgehead atoms. The number of carbonyl (C=O) groups excluding carboxylic acids is 2. The van der Waals surface area contributed by atoms with Gasteiger partial charge in [-0.05, 0) is 41.1 Å². The van der Waals surface area contributed by atoms with Gasteiger partial charge in [0.2, 0.25) is 0 Å². The van der Waals surface area contributed by atoms with Crippen LogP contribution in [0.3, 0.4) is 0 Å². The van der Waals surface area contributed by atoms with Gasteiger partial charge >= 0.3 is 0 Å². The highest BCUT2D eigenvalue weighted by Gasteiger charge is 2.16. The lowest BCUT2D eigenvalue weighted by atomic mass is 10.1. The molecule has 8 heteroatoms. The number of aryl methyl sites for hydroxylation is 1. The Morgan fingerprint density at radius 1 is 1.04 bits per heavy atom. The maximum absolute atomic E-state index is 12.3. The van der Waals surface area contributed by atoms with Gasteiger partial charge in [0.05, 0.1) is 14.2 Å². The van der Waals surface area contributed by atoms with Crippen LogP contribution in [0.4, 0.5) is 0 Å². The Bertz CT molecular complexity index is 761. The Morgan fingerprint density at radius 3 is 2.04 bits per heavy atom. The van der Waals surface area contributed by atoms with E-state index in [-0.39, 0.29) is 0 Å². The molecule has 128 valence electrons. The molecule has 2 aromatic rings. The van der Waals surface area contributed by atoms with Crippen LogP contribution >= 0.6 is 15.9 Å². The summed E-state index contributed by atoms with van der Waals surface area (Å²) in [5.41, 5.74) is 6.25. The number of hydrazine groups is 1. The summed E-state index contributed by atoms with van der Waals surface area (Å²) in [6, 6.07) is 4.82. The average Bonchev–Trinajstić information content (AvgIpc) is 2.91. The van der Waals surface area contributed by atoms with Crippen molar-refractivity contribution in [1.82, 2.24) is 15.4 Å². The number of amides is 2. The molecular weight excluding hydrogens is 378 g/mol. The Balaban J connectivity index is 2.12. The minimum atomic E-state index is -0.478. The zero-order valence-corrected chi connectivity index (χ0v) is 15.4. The Labute approximate surface area is 148 Å². The van der Waals surface area contributed by atoms with Crippen LogP contribution in [-0.4, -0.2) is 30.6 Å². The number of carbonyl (C=O) groups is 2. The zero-order chi connectivity index (χ0) is 17.9. The van der Waals surface area contributed by atoms with E-state index in [1.54, 1.807) is 36.0 Å². The van der Waals surface area contributed by atoms with Crippen LogP contribution in [0, 0.1) is 6.92 Å². The van der Waals surface area contributed by atoms with Gasteiger partial charge in [0.25, 0.3) is 11.8 Å². The summed E-state index contributed by atoms with van der Waals surface area (Å²) in [5.74, 6) is 0.144. The molecule has 0 spiro atoms. The molecule has 7 nitrogen and oxygen atoms in total. The van der Waals surface area contributed by atoms with Crippen molar-refractivity contribution >= 4 is 27.7 Å². The van der Waals surface area contributed by atoms with Crippen molar-refractivity contribution in [3.8, 4) is 11.5 Å². The fourth-order valence-electron chi connectivity index (χ4n) is 2.22. The van der Waals surface area contributed by atoms with Crippen molar-refractivity contribution < 1.29 is 19.1 Å². The molecule has 1 heterocycles. The average molecular weight is 396 g/mol. The first-order valence-corrected chi connectivity index (χ1v) is 7.81. The van der Waals surface area contributed by atoms with Gasteiger partial charge in [-0.15, -0.1) is 0 Å². The smallest absolute Gasteiger partial charge is 0.286 e. The molecule has 0 radical (unpaired) electrons. The number of methoxy groups -OCH3 is 2. The predicted molar refractivity (Wildman–Crippen MR) is 92.3 cm³/mol. The van der Waals surface area contributed by atoms with E-state index in [1.807, 2.05) is 6.92 Å². The van der Waals surface area contributed by atoms with Crippen LogP contribution < -0.4 is 20.3 Å². The van der Waals surface area contributed by atoms with E-state index in [4.69, 9.17) is 9.47 Å². The minimum Gasteiger partial charge on any atom is -0.496 e. The summed E-state index contributed by atoms with van der Waals surface area (Å²) in [7, 11) is 4.76. The van der Waals surface area contributed by atoms with Crippen LogP contribution in [0.5, 0.6) is 11.5 Å². The van der Waals surface area contributed by atoms with Crippen molar-refractivity contribution in [2.45, 2.75) is 6.92 Å². The largest absolute Gasteiger partial charge is 0.496 e. The molecular formula is C16H18BrN3O4. The quantitative estimate of drug-likeness (QED) is 0.777. The summed E-state index contributed by atoms with van der Waals surface area (Å²) in [5, 5.41) is 0. The highest BCUT2D eigenvalue weighted by atomic mass is 79.9. The third kappa shape index (κ3) is 3.70. The lowest BCUT2D eigenvalue weighted by Crippen LogP contribution is -2.42. The third-order valence-electron chi connectivity index (χ3n) is 3.51. The molecule has 0 saturated carbocycles. The second kappa shape index (κ2) is 7.39. The number of hydrogen-bond donors (Lipinski definition) is 2. The number of halogens is 1. The highest BCUT2D eigenvalue weighted by molar-refractivity contribution is 9.10. The summed E-state index contributed by atoms with van der Waals surface area (Å²) in [4.78, 5) is 24.4. The van der Waals surface area contributed by atoms with E-state index in [9.17, 15) is 9.59 Å². The molecule has 0 aliphatic carbocycles. The van der Waals surface area contributed by atoms with Crippen LogP contribution in [0.1, 0.15) is 26.4 Å². The molecule has 0 aliphatic heterocycles. The van der Waals surface area contributed by atoms with E-state index < -0.39 is 11.8 Å². The van der Waals surface area contributed by atoms with Gasteiger partial charge < -0.3 is 14.0 Å². The maximum atomic E-state index is 12.3. The standard InChI is InChI=1S/C16H18BrN3O4/c1-9-13(23-3)5-10(6-14(9)24-4)15(21)18-19-16(22)12-7-11(17)8-20(12)2/h5-8H,1-4H3,(H,18,21)(H,19,22). The SMILES string of the molecule is COc1cc(C(=O)NNC(=O)c2cc(Br)cn2C)cc(OC)c1C. The van der Waals surface area contributed by atoms with Crippen molar-refractivity contribution in [3.63, 3.8) is 0 Å². The summed E-state index contributed by atoms with van der Waals surface area (Å²) < 4.78 is 12.9.